The van der Waals surface area contributed by atoms with Crippen LogP contribution in [0.3, 0.4) is 0 Å². The Morgan fingerprint density at radius 3 is 2.48 bits per heavy atom. The molecule has 4 rings (SSSR count). The van der Waals surface area contributed by atoms with Crippen molar-refractivity contribution in [1.82, 2.24) is 10.2 Å². The van der Waals surface area contributed by atoms with E-state index < -0.39 is 0 Å². The van der Waals surface area contributed by atoms with Crippen LogP contribution in [0.15, 0.2) is 83.8 Å². The number of hydrogen-bond acceptors (Lipinski definition) is 4. The van der Waals surface area contributed by atoms with Gasteiger partial charge in [0.25, 0.3) is 5.91 Å². The van der Waals surface area contributed by atoms with Crippen molar-refractivity contribution < 1.29 is 14.0 Å². The molecule has 2 N–H and O–H groups in total. The van der Waals surface area contributed by atoms with Crippen molar-refractivity contribution in [3.05, 3.63) is 95.8 Å². The molecule has 0 aromatic heterocycles. The first-order valence-electron chi connectivity index (χ1n) is 10.9. The van der Waals surface area contributed by atoms with E-state index in [4.69, 9.17) is 0 Å². The number of halogens is 1. The van der Waals surface area contributed by atoms with E-state index in [1.807, 2.05) is 36.4 Å². The minimum absolute atomic E-state index is 0.0982. The molecule has 1 aliphatic heterocycles. The smallest absolute Gasteiger partial charge is 0.252 e. The summed E-state index contributed by atoms with van der Waals surface area (Å²) in [5, 5.41) is 5.89. The number of hydrogen-bond donors (Lipinski definition) is 2. The fraction of sp³-hybridized carbons (Fsp3) is 0.231. The summed E-state index contributed by atoms with van der Waals surface area (Å²) in [5.74, 6) is -0.541. The van der Waals surface area contributed by atoms with Crippen LogP contribution >= 0.6 is 11.8 Å². The molecule has 7 heteroatoms. The number of anilines is 1. The SMILES string of the molecule is O=C(CSc1ccccc1C(=O)NC1CCN(Cc2ccccc2)C1)Nc1ccc(F)cc1. The average Bonchev–Trinajstić information content (AvgIpc) is 3.26. The van der Waals surface area contributed by atoms with Gasteiger partial charge in [0.05, 0.1) is 11.3 Å². The zero-order valence-corrected chi connectivity index (χ0v) is 19.0. The second-order valence-corrected chi connectivity index (χ2v) is 9.04. The lowest BCUT2D eigenvalue weighted by Crippen LogP contribution is -2.37. The number of rotatable bonds is 8. The van der Waals surface area contributed by atoms with E-state index >= 15 is 0 Å². The van der Waals surface area contributed by atoms with Crippen LogP contribution < -0.4 is 10.6 Å². The Bertz CT molecular complexity index is 1090. The minimum Gasteiger partial charge on any atom is -0.348 e. The summed E-state index contributed by atoms with van der Waals surface area (Å²) in [7, 11) is 0. The van der Waals surface area contributed by atoms with Crippen LogP contribution in [-0.2, 0) is 11.3 Å². The van der Waals surface area contributed by atoms with Gasteiger partial charge in [-0.25, -0.2) is 4.39 Å². The Balaban J connectivity index is 1.30. The number of carbonyl (C=O) groups is 2. The molecule has 3 aromatic carbocycles. The first-order valence-corrected chi connectivity index (χ1v) is 11.9. The highest BCUT2D eigenvalue weighted by molar-refractivity contribution is 8.00. The third kappa shape index (κ3) is 6.66. The summed E-state index contributed by atoms with van der Waals surface area (Å²) in [4.78, 5) is 28.4. The second kappa shape index (κ2) is 11.1. The molecule has 2 amide bonds. The summed E-state index contributed by atoms with van der Waals surface area (Å²) < 4.78 is 13.0. The van der Waals surface area contributed by atoms with E-state index in [0.717, 1.165) is 31.0 Å². The van der Waals surface area contributed by atoms with Crippen molar-refractivity contribution in [1.29, 1.82) is 0 Å². The molecule has 3 aromatic rings. The van der Waals surface area contributed by atoms with Crippen LogP contribution in [-0.4, -0.2) is 41.6 Å². The van der Waals surface area contributed by atoms with Crippen LogP contribution in [0, 0.1) is 5.82 Å². The number of benzene rings is 3. The first kappa shape index (κ1) is 23.0. The van der Waals surface area contributed by atoms with Crippen LogP contribution in [0.1, 0.15) is 22.3 Å². The van der Waals surface area contributed by atoms with Crippen molar-refractivity contribution in [2.24, 2.45) is 0 Å². The highest BCUT2D eigenvalue weighted by atomic mass is 32.2. The van der Waals surface area contributed by atoms with E-state index in [9.17, 15) is 14.0 Å². The third-order valence-electron chi connectivity index (χ3n) is 5.48. The molecule has 1 unspecified atom stereocenters. The zero-order chi connectivity index (χ0) is 23.0. The Morgan fingerprint density at radius 2 is 1.70 bits per heavy atom. The average molecular weight is 464 g/mol. The van der Waals surface area contributed by atoms with Crippen molar-refractivity contribution in [2.45, 2.75) is 23.9 Å². The van der Waals surface area contributed by atoms with Gasteiger partial charge in [-0.2, -0.15) is 0 Å². The molecule has 1 saturated heterocycles. The summed E-state index contributed by atoms with van der Waals surface area (Å²) in [5.41, 5.74) is 2.37. The predicted molar refractivity (Wildman–Crippen MR) is 130 cm³/mol. The summed E-state index contributed by atoms with van der Waals surface area (Å²) >= 11 is 1.31. The molecular formula is C26H26FN3O2S. The van der Waals surface area contributed by atoms with Gasteiger partial charge in [-0.3, -0.25) is 14.5 Å². The fourth-order valence-electron chi connectivity index (χ4n) is 3.85. The van der Waals surface area contributed by atoms with Crippen LogP contribution in [0.5, 0.6) is 0 Å². The van der Waals surface area contributed by atoms with Gasteiger partial charge >= 0.3 is 0 Å². The van der Waals surface area contributed by atoms with E-state index in [1.54, 1.807) is 6.07 Å². The number of nitrogens with one attached hydrogen (secondary N) is 2. The van der Waals surface area contributed by atoms with Gasteiger partial charge in [0.15, 0.2) is 0 Å². The maximum atomic E-state index is 13.0. The van der Waals surface area contributed by atoms with Gasteiger partial charge in [-0.05, 0) is 48.4 Å². The summed E-state index contributed by atoms with van der Waals surface area (Å²) in [6.45, 7) is 2.64. The van der Waals surface area contributed by atoms with E-state index in [1.165, 1.54) is 41.6 Å². The van der Waals surface area contributed by atoms with Gasteiger partial charge < -0.3 is 10.6 Å². The topological polar surface area (TPSA) is 61.4 Å². The maximum Gasteiger partial charge on any atom is 0.252 e. The maximum absolute atomic E-state index is 13.0. The molecule has 1 aliphatic rings. The summed E-state index contributed by atoms with van der Waals surface area (Å²) in [6.07, 6.45) is 0.911. The quantitative estimate of drug-likeness (QED) is 0.481. The monoisotopic (exact) mass is 463 g/mol. The van der Waals surface area contributed by atoms with Gasteiger partial charge in [0.1, 0.15) is 5.82 Å². The molecule has 5 nitrogen and oxygen atoms in total. The Kier molecular flexibility index (Phi) is 7.75. The first-order chi connectivity index (χ1) is 16.1. The van der Waals surface area contributed by atoms with Crippen molar-refractivity contribution in [2.75, 3.05) is 24.2 Å². The number of likely N-dealkylation sites (tertiary alicyclic amines) is 1. The van der Waals surface area contributed by atoms with Crippen LogP contribution in [0.4, 0.5) is 10.1 Å². The lowest BCUT2D eigenvalue weighted by molar-refractivity contribution is -0.113. The Morgan fingerprint density at radius 1 is 0.970 bits per heavy atom. The van der Waals surface area contributed by atoms with Crippen molar-refractivity contribution >= 4 is 29.3 Å². The van der Waals surface area contributed by atoms with Crippen molar-refractivity contribution in [3.8, 4) is 0 Å². The molecule has 0 spiro atoms. The molecule has 1 heterocycles. The predicted octanol–water partition coefficient (Wildman–Crippen LogP) is 4.56. The molecule has 0 aliphatic carbocycles. The van der Waals surface area contributed by atoms with Crippen LogP contribution in [0.25, 0.3) is 0 Å². The third-order valence-corrected chi connectivity index (χ3v) is 6.55. The van der Waals surface area contributed by atoms with E-state index in [2.05, 4.69) is 27.7 Å². The van der Waals surface area contributed by atoms with Gasteiger partial charge in [-0.1, -0.05) is 42.5 Å². The second-order valence-electron chi connectivity index (χ2n) is 8.02. The van der Waals surface area contributed by atoms with E-state index in [-0.39, 0.29) is 29.4 Å². The van der Waals surface area contributed by atoms with Crippen LogP contribution in [0.2, 0.25) is 0 Å². The van der Waals surface area contributed by atoms with E-state index in [0.29, 0.717) is 11.3 Å². The number of thioether (sulfide) groups is 1. The van der Waals surface area contributed by atoms with Crippen molar-refractivity contribution in [3.63, 3.8) is 0 Å². The number of amides is 2. The molecule has 0 bridgehead atoms. The Labute approximate surface area is 197 Å². The van der Waals surface area contributed by atoms with Gasteiger partial charge in [0, 0.05) is 36.3 Å². The highest BCUT2D eigenvalue weighted by Crippen LogP contribution is 2.24. The fourth-order valence-corrected chi connectivity index (χ4v) is 4.70. The molecular weight excluding hydrogens is 437 g/mol. The molecule has 1 fully saturated rings. The number of nitrogens with zero attached hydrogens (tertiary/aromatic N) is 1. The zero-order valence-electron chi connectivity index (χ0n) is 18.2. The van der Waals surface area contributed by atoms with Gasteiger partial charge in [0.2, 0.25) is 5.91 Å². The van der Waals surface area contributed by atoms with Gasteiger partial charge in [-0.15, -0.1) is 11.8 Å². The molecule has 1 atom stereocenters. The largest absolute Gasteiger partial charge is 0.348 e. The number of carbonyl (C=O) groups excluding carboxylic acids is 2. The minimum atomic E-state index is -0.354. The lowest BCUT2D eigenvalue weighted by Gasteiger charge is -2.17. The highest BCUT2D eigenvalue weighted by Gasteiger charge is 2.25. The summed E-state index contributed by atoms with van der Waals surface area (Å²) in [6, 6.07) is 23.4. The molecule has 170 valence electrons. The molecule has 33 heavy (non-hydrogen) atoms. The lowest BCUT2D eigenvalue weighted by atomic mass is 10.2. The molecule has 0 saturated carbocycles. The Hall–Kier alpha value is -3.16. The normalized spacial score (nSPS) is 15.8. The molecule has 0 radical (unpaired) electrons. The standard InChI is InChI=1S/C26H26FN3O2S/c27-20-10-12-21(13-11-20)28-25(31)18-33-24-9-5-4-8-23(24)26(32)29-22-14-15-30(17-22)16-19-6-2-1-3-7-19/h1-13,22H,14-18H2,(H,28,31)(H,29,32).